The maximum absolute atomic E-state index is 6.16. The number of hydrogen-bond acceptors (Lipinski definition) is 3. The maximum Gasteiger partial charge on any atom is 0.430 e. The van der Waals surface area contributed by atoms with Crippen LogP contribution in [0.25, 0.3) is 0 Å². The Morgan fingerprint density at radius 3 is 1.35 bits per heavy atom. The van der Waals surface area contributed by atoms with Crippen LogP contribution in [0.1, 0.15) is 55.4 Å². The Morgan fingerprint density at radius 1 is 0.824 bits per heavy atom. The summed E-state index contributed by atoms with van der Waals surface area (Å²) >= 11 is 0. The highest BCUT2D eigenvalue weighted by molar-refractivity contribution is 6.66. The first kappa shape index (κ1) is 17.1. The van der Waals surface area contributed by atoms with Crippen molar-refractivity contribution in [2.75, 3.05) is 13.2 Å². The summed E-state index contributed by atoms with van der Waals surface area (Å²) in [6.45, 7) is 18.9. The quantitative estimate of drug-likeness (QED) is 0.624. The Labute approximate surface area is 109 Å². The van der Waals surface area contributed by atoms with Crippen molar-refractivity contribution in [2.45, 2.75) is 73.0 Å². The molecule has 0 amide bonds. The van der Waals surface area contributed by atoms with Gasteiger partial charge in [-0.05, 0) is 13.8 Å². The molecule has 0 spiro atoms. The van der Waals surface area contributed by atoms with Gasteiger partial charge >= 0.3 is 8.72 Å². The predicted octanol–water partition coefficient (Wildman–Crippen LogP) is 3.53. The number of nitrogens with zero attached hydrogens (tertiary/aromatic N) is 1. The molecular formula is C13H31NO2Si. The van der Waals surface area contributed by atoms with Crippen LogP contribution in [0, 0.1) is 0 Å². The topological polar surface area (TPSA) is 21.7 Å². The molecule has 0 saturated heterocycles. The minimum Gasteiger partial charge on any atom is -0.383 e. The van der Waals surface area contributed by atoms with E-state index in [1.807, 2.05) is 0 Å². The SMILES string of the molecule is CCO[Si](OCC)(C(C)C)N(C(C)C)C(C)C. The van der Waals surface area contributed by atoms with Gasteiger partial charge < -0.3 is 8.85 Å². The molecule has 0 rings (SSSR count). The molecule has 104 valence electrons. The highest BCUT2D eigenvalue weighted by Gasteiger charge is 2.50. The van der Waals surface area contributed by atoms with Crippen molar-refractivity contribution >= 4 is 8.72 Å². The van der Waals surface area contributed by atoms with Crippen LogP contribution in [0.2, 0.25) is 5.54 Å². The van der Waals surface area contributed by atoms with E-state index in [9.17, 15) is 0 Å². The third kappa shape index (κ3) is 4.05. The first-order valence-corrected chi connectivity index (χ1v) is 8.73. The summed E-state index contributed by atoms with van der Waals surface area (Å²) in [4.78, 5) is 0. The van der Waals surface area contributed by atoms with Gasteiger partial charge in [-0.1, -0.05) is 41.5 Å². The summed E-state index contributed by atoms with van der Waals surface area (Å²) in [5.74, 6) is 0. The monoisotopic (exact) mass is 261 g/mol. The van der Waals surface area contributed by atoms with Gasteiger partial charge in [0, 0.05) is 30.8 Å². The van der Waals surface area contributed by atoms with Crippen LogP contribution in [0.3, 0.4) is 0 Å². The third-order valence-corrected chi connectivity index (χ3v) is 7.52. The second-order valence-corrected chi connectivity index (χ2v) is 8.76. The molecule has 0 unspecified atom stereocenters. The Hall–Kier alpha value is 0.0969. The summed E-state index contributed by atoms with van der Waals surface area (Å²) in [6, 6.07) is 0.893. The summed E-state index contributed by atoms with van der Waals surface area (Å²) in [5.41, 5.74) is 0.423. The van der Waals surface area contributed by atoms with Gasteiger partial charge in [-0.2, -0.15) is 0 Å². The summed E-state index contributed by atoms with van der Waals surface area (Å²) in [6.07, 6.45) is 0. The highest BCUT2D eigenvalue weighted by atomic mass is 28.4. The normalized spacial score (nSPS) is 13.4. The first-order chi connectivity index (χ1) is 7.83. The van der Waals surface area contributed by atoms with Gasteiger partial charge in [0.2, 0.25) is 0 Å². The smallest absolute Gasteiger partial charge is 0.383 e. The molecule has 0 saturated carbocycles. The van der Waals surface area contributed by atoms with E-state index in [-0.39, 0.29) is 0 Å². The van der Waals surface area contributed by atoms with Crippen LogP contribution >= 0.6 is 0 Å². The molecule has 0 aliphatic carbocycles. The zero-order valence-electron chi connectivity index (χ0n) is 12.9. The molecule has 0 bridgehead atoms. The van der Waals surface area contributed by atoms with E-state index in [1.165, 1.54) is 0 Å². The van der Waals surface area contributed by atoms with E-state index in [1.54, 1.807) is 0 Å². The van der Waals surface area contributed by atoms with E-state index in [0.717, 1.165) is 13.2 Å². The van der Waals surface area contributed by atoms with Crippen molar-refractivity contribution in [3.8, 4) is 0 Å². The van der Waals surface area contributed by atoms with E-state index in [0.29, 0.717) is 17.6 Å². The number of hydrogen-bond donors (Lipinski definition) is 0. The summed E-state index contributed by atoms with van der Waals surface area (Å²) in [7, 11) is -2.30. The Kier molecular flexibility index (Phi) is 7.56. The van der Waals surface area contributed by atoms with Crippen molar-refractivity contribution < 1.29 is 8.85 Å². The molecule has 4 heteroatoms. The molecule has 0 aliphatic rings. The van der Waals surface area contributed by atoms with E-state index < -0.39 is 8.72 Å². The Bertz CT molecular complexity index is 194. The molecule has 0 fully saturated rings. The van der Waals surface area contributed by atoms with Crippen LogP contribution in [-0.2, 0) is 8.85 Å². The molecule has 3 nitrogen and oxygen atoms in total. The van der Waals surface area contributed by atoms with Crippen LogP contribution in [0.4, 0.5) is 0 Å². The van der Waals surface area contributed by atoms with Crippen molar-refractivity contribution in [3.05, 3.63) is 0 Å². The van der Waals surface area contributed by atoms with Gasteiger partial charge in [0.05, 0.1) is 0 Å². The minimum absolute atomic E-state index is 0.423. The predicted molar refractivity (Wildman–Crippen MR) is 76.2 cm³/mol. The Balaban J connectivity index is 5.34. The first-order valence-electron chi connectivity index (χ1n) is 6.89. The van der Waals surface area contributed by atoms with Crippen LogP contribution in [0.5, 0.6) is 0 Å². The van der Waals surface area contributed by atoms with Crippen molar-refractivity contribution in [3.63, 3.8) is 0 Å². The fourth-order valence-electron chi connectivity index (χ4n) is 2.55. The molecule has 0 radical (unpaired) electrons. The molecule has 0 aromatic heterocycles. The van der Waals surface area contributed by atoms with E-state index in [4.69, 9.17) is 8.85 Å². The molecule has 17 heavy (non-hydrogen) atoms. The number of rotatable bonds is 8. The second-order valence-electron chi connectivity index (χ2n) is 5.25. The van der Waals surface area contributed by atoms with Crippen LogP contribution < -0.4 is 0 Å². The molecule has 0 N–H and O–H groups in total. The fraction of sp³-hybridized carbons (Fsp3) is 1.00. The largest absolute Gasteiger partial charge is 0.430 e. The van der Waals surface area contributed by atoms with E-state index >= 15 is 0 Å². The lowest BCUT2D eigenvalue weighted by atomic mass is 10.3. The third-order valence-electron chi connectivity index (χ3n) is 2.90. The molecule has 0 atom stereocenters. The fourth-order valence-corrected chi connectivity index (χ4v) is 6.46. The van der Waals surface area contributed by atoms with E-state index in [2.05, 4.69) is 60.0 Å². The minimum atomic E-state index is -2.30. The molecule has 0 heterocycles. The summed E-state index contributed by atoms with van der Waals surface area (Å²) < 4.78 is 14.8. The van der Waals surface area contributed by atoms with Crippen LogP contribution in [0.15, 0.2) is 0 Å². The van der Waals surface area contributed by atoms with Gasteiger partial charge in [-0.3, -0.25) is 4.57 Å². The lowest BCUT2D eigenvalue weighted by molar-refractivity contribution is 0.0855. The van der Waals surface area contributed by atoms with Gasteiger partial charge in [0.1, 0.15) is 0 Å². The second kappa shape index (κ2) is 7.51. The zero-order valence-corrected chi connectivity index (χ0v) is 13.9. The molecule has 0 aliphatic heterocycles. The Morgan fingerprint density at radius 2 is 1.18 bits per heavy atom. The van der Waals surface area contributed by atoms with Gasteiger partial charge in [-0.25, -0.2) is 0 Å². The average molecular weight is 261 g/mol. The van der Waals surface area contributed by atoms with Crippen LogP contribution in [-0.4, -0.2) is 38.6 Å². The molecular weight excluding hydrogens is 230 g/mol. The maximum atomic E-state index is 6.16. The van der Waals surface area contributed by atoms with Crippen molar-refractivity contribution in [2.24, 2.45) is 0 Å². The molecule has 0 aromatic carbocycles. The summed E-state index contributed by atoms with van der Waals surface area (Å²) in [5, 5.41) is 0. The van der Waals surface area contributed by atoms with Crippen molar-refractivity contribution in [1.29, 1.82) is 0 Å². The average Bonchev–Trinajstić information content (AvgIpc) is 2.16. The van der Waals surface area contributed by atoms with Gasteiger partial charge in [-0.15, -0.1) is 0 Å². The zero-order chi connectivity index (χ0) is 13.6. The highest BCUT2D eigenvalue weighted by Crippen LogP contribution is 2.31. The lowest BCUT2D eigenvalue weighted by Gasteiger charge is -2.46. The lowest BCUT2D eigenvalue weighted by Crippen LogP contribution is -2.65. The van der Waals surface area contributed by atoms with Crippen molar-refractivity contribution in [1.82, 2.24) is 4.57 Å². The molecule has 0 aromatic rings. The van der Waals surface area contributed by atoms with Gasteiger partial charge in [0.15, 0.2) is 0 Å². The van der Waals surface area contributed by atoms with Gasteiger partial charge in [0.25, 0.3) is 0 Å². The standard InChI is InChI=1S/C13H31NO2Si/c1-9-15-17(13(7)8,16-10-2)14(11(3)4)12(5)6/h11-13H,9-10H2,1-8H3.